The number of rotatable bonds is 8. The molecule has 1 saturated heterocycles. The van der Waals surface area contributed by atoms with Crippen LogP contribution in [0, 0.1) is 5.41 Å². The molecule has 1 N–H and O–H groups in total. The van der Waals surface area contributed by atoms with Crippen molar-refractivity contribution in [2.24, 2.45) is 10.4 Å². The van der Waals surface area contributed by atoms with Crippen molar-refractivity contribution < 1.29 is 19.5 Å². The minimum absolute atomic E-state index is 0.0804. The maximum Gasteiger partial charge on any atom is 0.328 e. The number of likely N-dealkylation sites (N-methyl/N-ethyl adjacent to an activating group) is 1. The van der Waals surface area contributed by atoms with E-state index in [-0.39, 0.29) is 24.2 Å². The van der Waals surface area contributed by atoms with Crippen LogP contribution < -0.4 is 0 Å². The fourth-order valence-electron chi connectivity index (χ4n) is 7.13. The number of piperidine rings is 1. The van der Waals surface area contributed by atoms with E-state index in [1.165, 1.54) is 0 Å². The summed E-state index contributed by atoms with van der Waals surface area (Å²) in [7, 11) is 3.80. The Bertz CT molecular complexity index is 1590. The van der Waals surface area contributed by atoms with E-state index in [4.69, 9.17) is 9.98 Å². The summed E-state index contributed by atoms with van der Waals surface area (Å²) in [6.07, 6.45) is 9.28. The van der Waals surface area contributed by atoms with Crippen LogP contribution in [0.1, 0.15) is 68.8 Å². The van der Waals surface area contributed by atoms with Gasteiger partial charge in [0.25, 0.3) is 0 Å². The van der Waals surface area contributed by atoms with Crippen molar-refractivity contribution >= 4 is 50.5 Å². The molecule has 3 atom stereocenters. The highest BCUT2D eigenvalue weighted by atomic mass is 79.9. The number of amides is 1. The number of alkyl halides is 1. The van der Waals surface area contributed by atoms with E-state index in [1.807, 2.05) is 64.9 Å². The number of ketones is 1. The zero-order chi connectivity index (χ0) is 31.0. The zero-order valence-corrected chi connectivity index (χ0v) is 26.9. The molecule has 1 spiro atoms. The molecular weight excluding hydrogens is 624 g/mol. The van der Waals surface area contributed by atoms with Gasteiger partial charge in [-0.3, -0.25) is 19.1 Å². The number of carbonyl (C=O) groups is 3. The Labute approximate surface area is 265 Å². The lowest BCUT2D eigenvalue weighted by atomic mass is 9.58. The molecule has 2 unspecified atom stereocenters. The number of nitrogens with zero attached hydrogens (tertiary/aromatic N) is 6. The highest BCUT2D eigenvalue weighted by Crippen LogP contribution is 2.49. The van der Waals surface area contributed by atoms with Gasteiger partial charge in [-0.15, -0.1) is 0 Å². The first kappa shape index (κ1) is 30.6. The summed E-state index contributed by atoms with van der Waals surface area (Å²) in [5.74, 6) is 0.000473. The first-order valence-corrected chi connectivity index (χ1v) is 16.5. The summed E-state index contributed by atoms with van der Waals surface area (Å²) in [5, 5.41) is 10.1. The SMILES string of the molecule is CN(C)CC(=O)N1CCCCC1c1nc2cccnc2n1-c1ccc(C[C@H](N=C2C(Br)C(=O)C23CCCCC3)C(=O)O)cc1. The van der Waals surface area contributed by atoms with E-state index >= 15 is 0 Å². The Morgan fingerprint density at radius 3 is 2.57 bits per heavy atom. The Hall–Kier alpha value is -3.44. The molecule has 10 nitrogen and oxygen atoms in total. The number of benzene rings is 1. The van der Waals surface area contributed by atoms with Crippen LogP contribution in [0.4, 0.5) is 0 Å². The van der Waals surface area contributed by atoms with Crippen LogP contribution in [0.25, 0.3) is 16.9 Å². The van der Waals surface area contributed by atoms with Crippen molar-refractivity contribution in [2.45, 2.75) is 74.7 Å². The number of carboxylic acid groups (broad SMARTS) is 1. The second kappa shape index (κ2) is 12.5. The molecule has 3 aromatic rings. The van der Waals surface area contributed by atoms with Crippen LogP contribution >= 0.6 is 15.9 Å². The normalized spacial score (nSPS) is 23.3. The number of halogens is 1. The quantitative estimate of drug-likeness (QED) is 0.345. The van der Waals surface area contributed by atoms with Crippen molar-refractivity contribution in [3.63, 3.8) is 0 Å². The van der Waals surface area contributed by atoms with Gasteiger partial charge in [-0.05, 0) is 76.0 Å². The fraction of sp³-hybridized carbons (Fsp3) is 0.515. The van der Waals surface area contributed by atoms with Crippen molar-refractivity contribution in [2.75, 3.05) is 27.2 Å². The summed E-state index contributed by atoms with van der Waals surface area (Å²) in [6.45, 7) is 1.03. The molecule has 11 heteroatoms. The topological polar surface area (TPSA) is 121 Å². The molecule has 2 aromatic heterocycles. The van der Waals surface area contributed by atoms with Gasteiger partial charge in [-0.1, -0.05) is 47.3 Å². The van der Waals surface area contributed by atoms with Crippen molar-refractivity contribution in [1.82, 2.24) is 24.3 Å². The molecule has 6 rings (SSSR count). The third-order valence-electron chi connectivity index (χ3n) is 9.36. The summed E-state index contributed by atoms with van der Waals surface area (Å²) in [6, 6.07) is 10.4. The molecule has 44 heavy (non-hydrogen) atoms. The summed E-state index contributed by atoms with van der Waals surface area (Å²) < 4.78 is 2.03. The van der Waals surface area contributed by atoms with Crippen LogP contribution in [-0.2, 0) is 20.8 Å². The fourth-order valence-corrected chi connectivity index (χ4v) is 8.13. The van der Waals surface area contributed by atoms with Gasteiger partial charge < -0.3 is 14.9 Å². The first-order valence-electron chi connectivity index (χ1n) is 15.6. The third kappa shape index (κ3) is 5.60. The van der Waals surface area contributed by atoms with Crippen LogP contribution in [0.15, 0.2) is 47.6 Å². The number of hydrogen-bond acceptors (Lipinski definition) is 7. The molecule has 0 bridgehead atoms. The number of likely N-dealkylation sites (tertiary alicyclic amines) is 1. The van der Waals surface area contributed by atoms with E-state index in [0.717, 1.165) is 74.0 Å². The number of fused-ring (bicyclic) bond motifs is 1. The smallest absolute Gasteiger partial charge is 0.328 e. The minimum atomic E-state index is -1.00. The van der Waals surface area contributed by atoms with Gasteiger partial charge in [0.05, 0.1) is 18.0 Å². The molecule has 1 aromatic carbocycles. The van der Waals surface area contributed by atoms with E-state index in [1.54, 1.807) is 6.20 Å². The number of aliphatic carboxylic acids is 1. The number of aromatic nitrogens is 3. The van der Waals surface area contributed by atoms with Gasteiger partial charge in [-0.2, -0.15) is 0 Å². The van der Waals surface area contributed by atoms with Gasteiger partial charge in [-0.25, -0.2) is 14.8 Å². The predicted octanol–water partition coefficient (Wildman–Crippen LogP) is 4.77. The second-order valence-electron chi connectivity index (χ2n) is 12.6. The molecule has 2 saturated carbocycles. The average Bonchev–Trinajstić information content (AvgIpc) is 3.42. The van der Waals surface area contributed by atoms with Gasteiger partial charge >= 0.3 is 5.97 Å². The molecule has 3 heterocycles. The third-order valence-corrected chi connectivity index (χ3v) is 10.2. The second-order valence-corrected chi connectivity index (χ2v) is 13.5. The maximum absolute atomic E-state index is 13.2. The Balaban J connectivity index is 1.30. The molecular formula is C33H39BrN6O4. The summed E-state index contributed by atoms with van der Waals surface area (Å²) in [4.78, 5) is 56.1. The predicted molar refractivity (Wildman–Crippen MR) is 172 cm³/mol. The number of carbonyl (C=O) groups excluding carboxylic acids is 2. The average molecular weight is 664 g/mol. The van der Waals surface area contributed by atoms with Crippen molar-refractivity contribution in [3.05, 3.63) is 54.0 Å². The maximum atomic E-state index is 13.2. The summed E-state index contributed by atoms with van der Waals surface area (Å²) >= 11 is 3.47. The Morgan fingerprint density at radius 1 is 1.11 bits per heavy atom. The van der Waals surface area contributed by atoms with E-state index in [9.17, 15) is 19.5 Å². The number of hydrogen-bond donors (Lipinski definition) is 1. The van der Waals surface area contributed by atoms with Crippen LogP contribution in [0.5, 0.6) is 0 Å². The van der Waals surface area contributed by atoms with Crippen LogP contribution in [0.2, 0.25) is 0 Å². The molecule has 2 aliphatic carbocycles. The standard InChI is InChI=1S/C33H39BrN6O4/c1-38(2)20-26(41)39-18-7-4-10-25(39)31-37-23-9-8-17-35-30(23)40(31)22-13-11-21(12-14-22)19-24(32(43)44)36-28-27(34)29(42)33(28)15-5-3-6-16-33/h8-9,11-14,17,24-25,27H,3-7,10,15-16,18-20H2,1-2H3,(H,43,44)/t24-,25?,27?/m0/s1. The molecule has 0 radical (unpaired) electrons. The highest BCUT2D eigenvalue weighted by molar-refractivity contribution is 9.10. The lowest BCUT2D eigenvalue weighted by Gasteiger charge is -2.47. The largest absolute Gasteiger partial charge is 0.480 e. The van der Waals surface area contributed by atoms with Gasteiger partial charge in [0.1, 0.15) is 16.2 Å². The number of aliphatic imine (C=N–C) groups is 1. The lowest BCUT2D eigenvalue weighted by molar-refractivity contribution is -0.138. The van der Waals surface area contributed by atoms with Gasteiger partial charge in [0.2, 0.25) is 5.91 Å². The highest BCUT2D eigenvalue weighted by Gasteiger charge is 2.58. The van der Waals surface area contributed by atoms with E-state index in [0.29, 0.717) is 24.4 Å². The number of carboxylic acids is 1. The monoisotopic (exact) mass is 662 g/mol. The Morgan fingerprint density at radius 2 is 1.86 bits per heavy atom. The first-order chi connectivity index (χ1) is 21.2. The van der Waals surface area contributed by atoms with Crippen LogP contribution in [-0.4, -0.2) is 90.9 Å². The molecule has 3 fully saturated rings. The van der Waals surface area contributed by atoms with E-state index in [2.05, 4.69) is 20.9 Å². The summed E-state index contributed by atoms with van der Waals surface area (Å²) in [5.41, 5.74) is 3.27. The molecule has 232 valence electrons. The van der Waals surface area contributed by atoms with Crippen molar-refractivity contribution in [3.8, 4) is 5.69 Å². The minimum Gasteiger partial charge on any atom is -0.480 e. The molecule has 1 aliphatic heterocycles. The number of pyridine rings is 1. The number of imidazole rings is 1. The van der Waals surface area contributed by atoms with Gasteiger partial charge in [0.15, 0.2) is 17.5 Å². The molecule has 1 amide bonds. The molecule has 3 aliphatic rings. The van der Waals surface area contributed by atoms with E-state index < -0.39 is 22.3 Å². The lowest BCUT2D eigenvalue weighted by Crippen LogP contribution is -2.61. The van der Waals surface area contributed by atoms with Crippen molar-refractivity contribution in [1.29, 1.82) is 0 Å². The van der Waals surface area contributed by atoms with Gasteiger partial charge in [0, 0.05) is 30.6 Å². The van der Waals surface area contributed by atoms with Crippen LogP contribution in [0.3, 0.4) is 0 Å². The Kier molecular flexibility index (Phi) is 8.70. The zero-order valence-electron chi connectivity index (χ0n) is 25.3. The number of Topliss-reactive ketones (excluding diaryl/α,β-unsaturated/α-hetero) is 1.